The number of ether oxygens (including phenoxy) is 2. The van der Waals surface area contributed by atoms with Crippen LogP contribution >= 0.6 is 0 Å². The molecule has 1 aliphatic heterocycles. The monoisotopic (exact) mass is 415 g/mol. The highest BCUT2D eigenvalue weighted by atomic mass is 32.2. The number of carbonyl (C=O) groups excluding carboxylic acids is 1. The highest BCUT2D eigenvalue weighted by molar-refractivity contribution is 7.85. The summed E-state index contributed by atoms with van der Waals surface area (Å²) in [7, 11) is -0.981. The Bertz CT molecular complexity index is 952. The predicted octanol–water partition coefficient (Wildman–Crippen LogP) is 5.38. The van der Waals surface area contributed by atoms with Crippen LogP contribution in [0.25, 0.3) is 0 Å². The molecule has 3 rings (SSSR count). The van der Waals surface area contributed by atoms with E-state index < -0.39 is 22.5 Å². The number of rotatable bonds is 7. The van der Waals surface area contributed by atoms with E-state index in [2.05, 4.69) is 12.2 Å². The number of unbranched alkanes of at least 4 members (excludes halogenated alkanes) is 1. The zero-order valence-corrected chi connectivity index (χ0v) is 18.6. The van der Waals surface area contributed by atoms with Crippen LogP contribution in [0.5, 0.6) is 5.75 Å². The zero-order valence-electron chi connectivity index (χ0n) is 17.8. The lowest BCUT2D eigenvalue weighted by Crippen LogP contribution is -2.35. The number of aryl methyl sites for hydroxylation is 3. The van der Waals surface area contributed by atoms with Crippen molar-refractivity contribution in [1.29, 1.82) is 0 Å². The summed E-state index contributed by atoms with van der Waals surface area (Å²) < 4.78 is 23.8. The lowest BCUT2D eigenvalue weighted by molar-refractivity contribution is 0.0417. The number of fused-ring (bicyclic) bond motifs is 1. The highest BCUT2D eigenvalue weighted by Gasteiger charge is 2.34. The largest absolute Gasteiger partial charge is 0.494 e. The molecule has 1 amide bonds. The third-order valence-electron chi connectivity index (χ3n) is 5.27. The van der Waals surface area contributed by atoms with Crippen LogP contribution in [0.3, 0.4) is 0 Å². The van der Waals surface area contributed by atoms with Crippen LogP contribution in [-0.2, 0) is 21.1 Å². The maximum atomic E-state index is 12.5. The fourth-order valence-corrected chi connectivity index (χ4v) is 4.62. The van der Waals surface area contributed by atoms with Crippen molar-refractivity contribution in [3.63, 3.8) is 0 Å². The molecule has 0 bridgehead atoms. The maximum absolute atomic E-state index is 12.5. The minimum Gasteiger partial charge on any atom is -0.494 e. The van der Waals surface area contributed by atoms with Gasteiger partial charge in [-0.2, -0.15) is 0 Å². The second-order valence-corrected chi connectivity index (χ2v) is 9.61. The van der Waals surface area contributed by atoms with Gasteiger partial charge in [0.25, 0.3) is 0 Å². The van der Waals surface area contributed by atoms with Gasteiger partial charge in [-0.25, -0.2) is 4.79 Å². The molecule has 6 heteroatoms. The summed E-state index contributed by atoms with van der Waals surface area (Å²) >= 11 is 0. The minimum absolute atomic E-state index is 0.434. The quantitative estimate of drug-likeness (QED) is 0.617. The second kappa shape index (κ2) is 8.57. The summed E-state index contributed by atoms with van der Waals surface area (Å²) in [4.78, 5) is 12.6. The van der Waals surface area contributed by atoms with Crippen molar-refractivity contribution in [3.05, 3.63) is 52.6 Å². The van der Waals surface area contributed by atoms with Gasteiger partial charge in [-0.15, -0.1) is 0 Å². The van der Waals surface area contributed by atoms with Crippen LogP contribution in [0.15, 0.2) is 35.2 Å². The first-order valence-corrected chi connectivity index (χ1v) is 11.2. The molecule has 2 aromatic carbocycles. The number of cyclic esters (lactones) is 1. The average molecular weight is 416 g/mol. The molecule has 1 N–H and O–H groups in total. The van der Waals surface area contributed by atoms with E-state index in [-0.39, 0.29) is 0 Å². The van der Waals surface area contributed by atoms with Crippen LogP contribution in [0.2, 0.25) is 0 Å². The van der Waals surface area contributed by atoms with Gasteiger partial charge in [0.15, 0.2) is 0 Å². The van der Waals surface area contributed by atoms with E-state index in [1.165, 1.54) is 11.1 Å². The summed E-state index contributed by atoms with van der Waals surface area (Å²) in [5, 5.41) is 2.77. The van der Waals surface area contributed by atoms with Crippen LogP contribution in [0.1, 0.15) is 48.9 Å². The molecule has 0 fully saturated rings. The third kappa shape index (κ3) is 4.99. The summed E-state index contributed by atoms with van der Waals surface area (Å²) in [6.45, 7) is 10.3. The molecule has 0 spiro atoms. The van der Waals surface area contributed by atoms with Gasteiger partial charge in [-0.1, -0.05) is 6.07 Å². The number of hydrogen-bond donors (Lipinski definition) is 1. The van der Waals surface area contributed by atoms with E-state index in [0.29, 0.717) is 12.4 Å². The average Bonchev–Trinajstić information content (AvgIpc) is 2.64. The molecular weight excluding hydrogens is 386 g/mol. The molecule has 156 valence electrons. The second-order valence-electron chi connectivity index (χ2n) is 8.04. The molecular formula is C23H29NO4S. The Hall–Kier alpha value is -2.34. The molecule has 0 aromatic heterocycles. The molecule has 0 aliphatic carbocycles. The van der Waals surface area contributed by atoms with Crippen LogP contribution in [0, 0.1) is 20.8 Å². The molecule has 5 nitrogen and oxygen atoms in total. The van der Waals surface area contributed by atoms with E-state index in [1.807, 2.05) is 58.0 Å². The Morgan fingerprint density at radius 1 is 1.03 bits per heavy atom. The van der Waals surface area contributed by atoms with E-state index in [0.717, 1.165) is 40.3 Å². The Kier molecular flexibility index (Phi) is 6.32. The molecule has 2 aromatic rings. The fourth-order valence-electron chi connectivity index (χ4n) is 3.39. The standard InChI is InChI=1S/C23H29NO4S/c1-15-8-9-19(13-16(15)2)29(26)11-7-6-10-27-18-12-17(3)21-20(14-18)23(4,5)28-22(25)24-21/h8-9,12-14H,6-7,10-11H2,1-5H3,(H,24,25). The van der Waals surface area contributed by atoms with Crippen LogP contribution in [-0.4, -0.2) is 22.7 Å². The first-order valence-electron chi connectivity index (χ1n) is 9.91. The zero-order chi connectivity index (χ0) is 21.2. The minimum atomic E-state index is -0.981. The molecule has 0 radical (unpaired) electrons. The Morgan fingerprint density at radius 2 is 1.79 bits per heavy atom. The van der Waals surface area contributed by atoms with Crippen molar-refractivity contribution < 1.29 is 18.5 Å². The highest BCUT2D eigenvalue weighted by Crippen LogP contribution is 2.39. The number of nitrogens with one attached hydrogen (secondary N) is 1. The number of hydrogen-bond acceptors (Lipinski definition) is 4. The number of anilines is 1. The topological polar surface area (TPSA) is 64.6 Å². The molecule has 1 heterocycles. The number of amides is 1. The molecule has 29 heavy (non-hydrogen) atoms. The van der Waals surface area contributed by atoms with Gasteiger partial charge in [-0.05, 0) is 88.4 Å². The smallest absolute Gasteiger partial charge is 0.412 e. The summed E-state index contributed by atoms with van der Waals surface area (Å²) in [6.07, 6.45) is 1.22. The van der Waals surface area contributed by atoms with E-state index in [9.17, 15) is 9.00 Å². The van der Waals surface area contributed by atoms with Gasteiger partial charge in [-0.3, -0.25) is 9.53 Å². The number of benzene rings is 2. The van der Waals surface area contributed by atoms with Gasteiger partial charge >= 0.3 is 6.09 Å². The van der Waals surface area contributed by atoms with Crippen molar-refractivity contribution in [2.75, 3.05) is 17.7 Å². The maximum Gasteiger partial charge on any atom is 0.412 e. The van der Waals surface area contributed by atoms with Crippen LogP contribution < -0.4 is 10.1 Å². The molecule has 0 saturated carbocycles. The Balaban J connectivity index is 1.53. The van der Waals surface area contributed by atoms with Gasteiger partial charge in [0.05, 0.1) is 23.1 Å². The SMILES string of the molecule is Cc1ccc(S(=O)CCCCOc2cc(C)c3c(c2)C(C)(C)OC(=O)N3)cc1C. The number of carbonyl (C=O) groups is 1. The van der Waals surface area contributed by atoms with E-state index in [1.54, 1.807) is 0 Å². The van der Waals surface area contributed by atoms with Gasteiger partial charge in [0.1, 0.15) is 11.4 Å². The van der Waals surface area contributed by atoms with E-state index >= 15 is 0 Å². The molecule has 1 unspecified atom stereocenters. The van der Waals surface area contributed by atoms with Gasteiger partial charge in [0, 0.05) is 16.2 Å². The lowest BCUT2D eigenvalue weighted by atomic mass is 9.92. The van der Waals surface area contributed by atoms with Crippen molar-refractivity contribution in [2.45, 2.75) is 58.0 Å². The normalized spacial score (nSPS) is 15.8. The van der Waals surface area contributed by atoms with Crippen molar-refractivity contribution in [1.82, 2.24) is 0 Å². The van der Waals surface area contributed by atoms with Gasteiger partial charge in [0.2, 0.25) is 0 Å². The van der Waals surface area contributed by atoms with Crippen molar-refractivity contribution >= 4 is 22.6 Å². The summed E-state index contributed by atoms with van der Waals surface area (Å²) in [5.74, 6) is 1.38. The van der Waals surface area contributed by atoms with E-state index in [4.69, 9.17) is 9.47 Å². The Morgan fingerprint density at radius 3 is 2.52 bits per heavy atom. The fraction of sp³-hybridized carbons (Fsp3) is 0.435. The molecule has 0 saturated heterocycles. The lowest BCUT2D eigenvalue weighted by Gasteiger charge is -2.33. The first-order chi connectivity index (χ1) is 13.7. The molecule has 1 aliphatic rings. The predicted molar refractivity (Wildman–Crippen MR) is 116 cm³/mol. The van der Waals surface area contributed by atoms with Crippen molar-refractivity contribution in [3.8, 4) is 5.75 Å². The van der Waals surface area contributed by atoms with Crippen molar-refractivity contribution in [2.24, 2.45) is 0 Å². The van der Waals surface area contributed by atoms with Gasteiger partial charge < -0.3 is 9.47 Å². The molecule has 1 atom stereocenters. The third-order valence-corrected chi connectivity index (χ3v) is 6.71. The van der Waals surface area contributed by atoms with Crippen LogP contribution in [0.4, 0.5) is 10.5 Å². The Labute approximate surface area is 175 Å². The summed E-state index contributed by atoms with van der Waals surface area (Å²) in [5.41, 5.74) is 4.33. The summed E-state index contributed by atoms with van der Waals surface area (Å²) in [6, 6.07) is 9.84. The first kappa shape index (κ1) is 21.4.